The van der Waals surface area contributed by atoms with Crippen LogP contribution in [0.4, 0.5) is 0 Å². The first-order valence-electron chi connectivity index (χ1n) is 12.8. The number of nitrogens with two attached hydrogens (primary N) is 1. The summed E-state index contributed by atoms with van der Waals surface area (Å²) in [6, 6.07) is 0.154. The van der Waals surface area contributed by atoms with E-state index in [0.29, 0.717) is 54.8 Å². The van der Waals surface area contributed by atoms with Crippen molar-refractivity contribution in [2.45, 2.75) is 71.3 Å². The average Bonchev–Trinajstić information content (AvgIpc) is 3.13. The summed E-state index contributed by atoms with van der Waals surface area (Å²) in [5.41, 5.74) is 6.66. The van der Waals surface area contributed by atoms with Crippen molar-refractivity contribution in [2.75, 3.05) is 13.2 Å². The predicted octanol–water partition coefficient (Wildman–Crippen LogP) is 2.37. The molecule has 10 nitrogen and oxygen atoms in total. The molecule has 0 aromatic rings. The van der Waals surface area contributed by atoms with Gasteiger partial charge in [-0.2, -0.15) is 0 Å². The van der Waals surface area contributed by atoms with Crippen molar-refractivity contribution in [3.8, 4) is 0 Å². The van der Waals surface area contributed by atoms with E-state index in [2.05, 4.69) is 24.3 Å². The van der Waals surface area contributed by atoms with E-state index < -0.39 is 11.9 Å². The summed E-state index contributed by atoms with van der Waals surface area (Å²) in [7, 11) is 0. The number of carbonyl (C=O) groups excluding carboxylic acids is 2. The summed E-state index contributed by atoms with van der Waals surface area (Å²) >= 11 is 0. The molecule has 1 amide bonds. The Labute approximate surface area is 211 Å². The monoisotopic (exact) mass is 505 g/mol. The highest BCUT2D eigenvalue weighted by atomic mass is 16.6. The third-order valence-electron chi connectivity index (χ3n) is 9.31. The number of hydrogen-bond acceptors (Lipinski definition) is 7. The molecular weight excluding hydrogens is 466 g/mol. The van der Waals surface area contributed by atoms with Gasteiger partial charge in [0.15, 0.2) is 0 Å². The van der Waals surface area contributed by atoms with Crippen LogP contribution in [-0.4, -0.2) is 59.3 Å². The second-order valence-corrected chi connectivity index (χ2v) is 11.0. The lowest BCUT2D eigenvalue weighted by atomic mass is 9.44. The number of carboxylic acid groups (broad SMARTS) is 2. The number of rotatable bonds is 7. The van der Waals surface area contributed by atoms with E-state index in [4.69, 9.17) is 20.8 Å². The second kappa shape index (κ2) is 11.5. The van der Waals surface area contributed by atoms with Crippen molar-refractivity contribution >= 4 is 29.8 Å². The number of nitrogens with zero attached hydrogens (tertiary/aromatic N) is 1. The molecule has 36 heavy (non-hydrogen) atoms. The fraction of sp³-hybridized carbons (Fsp3) is 0.731. The van der Waals surface area contributed by atoms with E-state index in [0.717, 1.165) is 63.5 Å². The van der Waals surface area contributed by atoms with E-state index in [-0.39, 0.29) is 16.9 Å². The summed E-state index contributed by atoms with van der Waals surface area (Å²) in [6.07, 6.45) is 9.84. The Bertz CT molecular complexity index is 903. The molecule has 0 aromatic carbocycles. The molecule has 0 spiro atoms. The van der Waals surface area contributed by atoms with Crippen molar-refractivity contribution in [1.82, 2.24) is 5.32 Å². The molecular formula is C26H39N3O7. The SMILES string of the molecule is C[C@]12CCC(=NOCCN)CC1[C@@H](NC=O)C[C@@H]1[C@@H]2CC[C@]2(C)C(=O)CC[C@@H]12.O=C(O)/C=C/C(=O)O. The summed E-state index contributed by atoms with van der Waals surface area (Å²) in [6.45, 7) is 5.56. The van der Waals surface area contributed by atoms with Gasteiger partial charge in [-0.05, 0) is 74.0 Å². The van der Waals surface area contributed by atoms with Gasteiger partial charge in [-0.3, -0.25) is 9.59 Å². The van der Waals surface area contributed by atoms with Crippen molar-refractivity contribution in [1.29, 1.82) is 0 Å². The first-order chi connectivity index (χ1) is 17.1. The number of Topliss-reactive ketones (excluding diaryl/α,β-unsaturated/α-hetero) is 1. The zero-order valence-corrected chi connectivity index (χ0v) is 21.2. The molecule has 4 fully saturated rings. The quantitative estimate of drug-likeness (QED) is 0.177. The van der Waals surface area contributed by atoms with Crippen LogP contribution in [0.1, 0.15) is 65.2 Å². The van der Waals surface area contributed by atoms with Gasteiger partial charge in [0.2, 0.25) is 6.41 Å². The van der Waals surface area contributed by atoms with E-state index >= 15 is 0 Å². The van der Waals surface area contributed by atoms with Gasteiger partial charge in [-0.15, -0.1) is 0 Å². The van der Waals surface area contributed by atoms with E-state index in [1.807, 2.05) is 0 Å². The average molecular weight is 506 g/mol. The fourth-order valence-electron chi connectivity index (χ4n) is 7.60. The molecule has 0 radical (unpaired) electrons. The fourth-order valence-corrected chi connectivity index (χ4v) is 7.60. The Morgan fingerprint density at radius 3 is 2.42 bits per heavy atom. The first-order valence-corrected chi connectivity index (χ1v) is 12.8. The van der Waals surface area contributed by atoms with Crippen molar-refractivity contribution in [3.63, 3.8) is 0 Å². The minimum absolute atomic E-state index is 0.132. The second-order valence-electron chi connectivity index (χ2n) is 11.0. The van der Waals surface area contributed by atoms with E-state index in [1.54, 1.807) is 0 Å². The molecule has 4 saturated carbocycles. The summed E-state index contributed by atoms with van der Waals surface area (Å²) in [4.78, 5) is 48.5. The van der Waals surface area contributed by atoms with Gasteiger partial charge in [0.25, 0.3) is 0 Å². The van der Waals surface area contributed by atoms with Crippen LogP contribution in [0.3, 0.4) is 0 Å². The largest absolute Gasteiger partial charge is 0.478 e. The third kappa shape index (κ3) is 5.63. The highest BCUT2D eigenvalue weighted by Crippen LogP contribution is 2.65. The molecule has 7 atom stereocenters. The number of aliphatic carboxylic acids is 2. The third-order valence-corrected chi connectivity index (χ3v) is 9.31. The summed E-state index contributed by atoms with van der Waals surface area (Å²) in [5.74, 6) is -0.00331. The van der Waals surface area contributed by atoms with Crippen molar-refractivity contribution in [2.24, 2.45) is 45.4 Å². The van der Waals surface area contributed by atoms with Crippen LogP contribution in [0.15, 0.2) is 17.3 Å². The van der Waals surface area contributed by atoms with Crippen LogP contribution in [-0.2, 0) is 24.0 Å². The molecule has 200 valence electrons. The van der Waals surface area contributed by atoms with Gasteiger partial charge in [-0.1, -0.05) is 19.0 Å². The number of hydrogen-bond donors (Lipinski definition) is 4. The number of carboxylic acids is 2. The molecule has 0 aromatic heterocycles. The number of amides is 1. The lowest BCUT2D eigenvalue weighted by Crippen LogP contribution is -2.60. The smallest absolute Gasteiger partial charge is 0.328 e. The van der Waals surface area contributed by atoms with Crippen molar-refractivity contribution in [3.05, 3.63) is 12.2 Å². The molecule has 4 aliphatic carbocycles. The van der Waals surface area contributed by atoms with Crippen LogP contribution in [0.5, 0.6) is 0 Å². The van der Waals surface area contributed by atoms with Gasteiger partial charge >= 0.3 is 11.9 Å². The standard InChI is InChI=1S/C22H35N3O3.C4H4O4/c1-21-7-5-14(25-28-10-9-23)11-18(21)19(24-13-26)12-15-16-3-4-20(27)22(16,2)8-6-17(15)21;5-3(6)1-2-4(7)8/h13,15-19H,3-12,23H2,1-2H3,(H,24,26);1-2H,(H,5,6)(H,7,8)/b;2-1+/t15-,16-,17-,18?,19-,21+,22-;/m0./s1. The normalized spacial score (nSPS) is 38.2. The molecule has 0 aliphatic heterocycles. The number of ketones is 1. The summed E-state index contributed by atoms with van der Waals surface area (Å²) in [5, 5.41) is 23.1. The van der Waals surface area contributed by atoms with Gasteiger partial charge in [0.1, 0.15) is 12.4 Å². The van der Waals surface area contributed by atoms with Crippen LogP contribution < -0.4 is 11.1 Å². The molecule has 0 heterocycles. The maximum absolute atomic E-state index is 12.6. The number of carbonyl (C=O) groups is 4. The Balaban J connectivity index is 0.000000392. The Morgan fingerprint density at radius 2 is 1.81 bits per heavy atom. The lowest BCUT2D eigenvalue weighted by Gasteiger charge is -2.61. The molecule has 10 heteroatoms. The number of nitrogens with one attached hydrogen (secondary N) is 1. The molecule has 4 rings (SSSR count). The van der Waals surface area contributed by atoms with Crippen LogP contribution in [0, 0.1) is 34.5 Å². The van der Waals surface area contributed by atoms with Gasteiger partial charge in [0.05, 0.1) is 5.71 Å². The Kier molecular flexibility index (Phi) is 8.92. The topological polar surface area (TPSA) is 168 Å². The minimum Gasteiger partial charge on any atom is -0.478 e. The van der Waals surface area contributed by atoms with E-state index in [1.165, 1.54) is 0 Å². The summed E-state index contributed by atoms with van der Waals surface area (Å²) < 4.78 is 0. The Hall–Kier alpha value is -2.75. The molecule has 1 unspecified atom stereocenters. The van der Waals surface area contributed by atoms with Gasteiger partial charge in [-0.25, -0.2) is 9.59 Å². The van der Waals surface area contributed by atoms with Crippen molar-refractivity contribution < 1.29 is 34.2 Å². The maximum Gasteiger partial charge on any atom is 0.328 e. The lowest BCUT2D eigenvalue weighted by molar-refractivity contribution is -0.140. The zero-order valence-electron chi connectivity index (χ0n) is 21.2. The molecule has 5 N–H and O–H groups in total. The van der Waals surface area contributed by atoms with E-state index in [9.17, 15) is 19.2 Å². The van der Waals surface area contributed by atoms with Crippen LogP contribution in [0.25, 0.3) is 0 Å². The molecule has 0 bridgehead atoms. The predicted molar refractivity (Wildman–Crippen MR) is 132 cm³/mol. The van der Waals surface area contributed by atoms with Gasteiger partial charge < -0.3 is 26.1 Å². The highest BCUT2D eigenvalue weighted by molar-refractivity contribution is 5.89. The maximum atomic E-state index is 12.6. The first kappa shape index (κ1) is 27.8. The highest BCUT2D eigenvalue weighted by Gasteiger charge is 2.62. The number of oxime groups is 1. The molecule has 4 aliphatic rings. The zero-order chi connectivity index (χ0) is 26.5. The number of fused-ring (bicyclic) bond motifs is 5. The van der Waals surface area contributed by atoms with Crippen LogP contribution >= 0.6 is 0 Å². The minimum atomic E-state index is -1.26. The van der Waals surface area contributed by atoms with Gasteiger partial charge in [0, 0.05) is 36.6 Å². The van der Waals surface area contributed by atoms with Crippen LogP contribution in [0.2, 0.25) is 0 Å². The Morgan fingerprint density at radius 1 is 1.11 bits per heavy atom. The molecule has 0 saturated heterocycles.